The molecule has 2 aromatic rings. The van der Waals surface area contributed by atoms with E-state index in [-0.39, 0.29) is 37.2 Å². The van der Waals surface area contributed by atoms with Crippen LogP contribution in [0.5, 0.6) is 0 Å². The fourth-order valence-electron chi connectivity index (χ4n) is 3.67. The number of unbranched alkanes of at least 4 members (excludes halogenated alkanes) is 1. The Balaban J connectivity index is 0. The van der Waals surface area contributed by atoms with E-state index >= 15 is 0 Å². The molecule has 10 heteroatoms. The van der Waals surface area contributed by atoms with Gasteiger partial charge >= 0.3 is 12.1 Å². The van der Waals surface area contributed by atoms with E-state index < -0.39 is 11.6 Å². The van der Waals surface area contributed by atoms with E-state index in [0.717, 1.165) is 25.8 Å². The van der Waals surface area contributed by atoms with Gasteiger partial charge in [-0.25, -0.2) is 4.79 Å². The van der Waals surface area contributed by atoms with Crippen molar-refractivity contribution in [3.63, 3.8) is 0 Å². The first-order chi connectivity index (χ1) is 21.5. The number of nitrogens with zero attached hydrogens (tertiary/aromatic N) is 1. The number of hydrogen-bond acceptors (Lipinski definition) is 6. The van der Waals surface area contributed by atoms with Crippen molar-refractivity contribution in [1.82, 2.24) is 15.5 Å². The largest absolute Gasteiger partial charge is 0.480 e. The zero-order chi connectivity index (χ0) is 34.7. The van der Waals surface area contributed by atoms with Crippen LogP contribution in [0.1, 0.15) is 103 Å². The number of carboxylic acid groups (broad SMARTS) is 1. The van der Waals surface area contributed by atoms with Crippen LogP contribution >= 0.6 is 0 Å². The lowest BCUT2D eigenvalue weighted by molar-refractivity contribution is -0.136. The number of nitrogens with one attached hydrogen (secondary N) is 2. The molecule has 252 valence electrons. The molecule has 0 saturated heterocycles. The summed E-state index contributed by atoms with van der Waals surface area (Å²) in [6, 6.07) is 17.4. The molecule has 10 nitrogen and oxygen atoms in total. The molecule has 0 atom stereocenters. The third kappa shape index (κ3) is 22.0. The molecule has 0 aliphatic carbocycles. The molecule has 0 radical (unpaired) electrons. The summed E-state index contributed by atoms with van der Waals surface area (Å²) in [6.07, 6.45) is 3.56. The van der Waals surface area contributed by atoms with Crippen LogP contribution in [0.3, 0.4) is 0 Å². The van der Waals surface area contributed by atoms with E-state index in [4.69, 9.17) is 9.84 Å². The highest BCUT2D eigenvalue weighted by Gasteiger charge is 2.21. The number of rotatable bonds is 10. The Labute approximate surface area is 269 Å². The number of alkyl carbamates (subject to hydrolysis) is 1. The number of benzene rings is 2. The molecule has 2 aromatic carbocycles. The summed E-state index contributed by atoms with van der Waals surface area (Å²) in [5, 5.41) is 12.5. The first kappa shape index (κ1) is 42.9. The molecule has 0 aromatic heterocycles. The molecule has 1 heterocycles. The molecule has 0 fully saturated rings. The Morgan fingerprint density at radius 3 is 2.00 bits per heavy atom. The molecule has 1 aliphatic heterocycles. The number of fused-ring (bicyclic) bond motifs is 1. The number of hydrogen-bond donors (Lipinski definition) is 3. The topological polar surface area (TPSA) is 142 Å². The fraction of sp³-hybridized carbons (Fsp3) is 0.514. The predicted octanol–water partition coefficient (Wildman–Crippen LogP) is 6.42. The van der Waals surface area contributed by atoms with Crippen LogP contribution in [0.25, 0.3) is 0 Å². The average Bonchev–Trinajstić information content (AvgIpc) is 3.04. The second-order valence-corrected chi connectivity index (χ2v) is 10.3. The Morgan fingerprint density at radius 1 is 0.911 bits per heavy atom. The molecule has 0 unspecified atom stereocenters. The van der Waals surface area contributed by atoms with Crippen molar-refractivity contribution in [3.05, 3.63) is 71.3 Å². The number of ketones is 1. The van der Waals surface area contributed by atoms with Crippen molar-refractivity contribution in [3.8, 4) is 0 Å². The van der Waals surface area contributed by atoms with Gasteiger partial charge in [0.25, 0.3) is 0 Å². The lowest BCUT2D eigenvalue weighted by Crippen LogP contribution is -2.36. The summed E-state index contributed by atoms with van der Waals surface area (Å²) >= 11 is 0. The van der Waals surface area contributed by atoms with Crippen LogP contribution in [0.15, 0.2) is 54.6 Å². The predicted molar refractivity (Wildman–Crippen MR) is 179 cm³/mol. The molecule has 0 bridgehead atoms. The highest BCUT2D eigenvalue weighted by atomic mass is 16.6. The minimum atomic E-state index is -1.04. The van der Waals surface area contributed by atoms with Crippen LogP contribution in [0.2, 0.25) is 0 Å². The molecule has 45 heavy (non-hydrogen) atoms. The lowest BCUT2D eigenvalue weighted by Gasteiger charge is -2.28. The number of Topliss-reactive ketones (excluding diaryl/α,β-unsaturated/α-hetero) is 1. The molecule has 3 amide bonds. The summed E-state index contributed by atoms with van der Waals surface area (Å²) in [6.45, 7) is 17.4. The SMILES string of the molecule is CC.CC.CCCCNC(=O)OC(C)(C)C.O=C(CCC(=O)N1CCc2ccccc2C1)c1ccccc1.O=CNCC(=O)O. The third-order valence-corrected chi connectivity index (χ3v) is 5.68. The number of carboxylic acids is 1. The van der Waals surface area contributed by atoms with E-state index in [9.17, 15) is 24.0 Å². The van der Waals surface area contributed by atoms with Gasteiger partial charge in [-0.1, -0.05) is 95.6 Å². The van der Waals surface area contributed by atoms with Crippen molar-refractivity contribution in [1.29, 1.82) is 0 Å². The van der Waals surface area contributed by atoms with Crippen molar-refractivity contribution in [2.24, 2.45) is 0 Å². The van der Waals surface area contributed by atoms with Gasteiger partial charge < -0.3 is 25.4 Å². The number of carbonyl (C=O) groups excluding carboxylic acids is 4. The summed E-state index contributed by atoms with van der Waals surface area (Å²) in [5.74, 6) is -0.933. The Morgan fingerprint density at radius 2 is 1.49 bits per heavy atom. The number of carbonyl (C=O) groups is 5. The second kappa shape index (κ2) is 26.2. The maximum absolute atomic E-state index is 12.3. The van der Waals surface area contributed by atoms with E-state index in [2.05, 4.69) is 24.4 Å². The van der Waals surface area contributed by atoms with Crippen LogP contribution in [0.4, 0.5) is 4.79 Å². The quantitative estimate of drug-likeness (QED) is 0.156. The zero-order valence-electron chi connectivity index (χ0n) is 28.5. The van der Waals surface area contributed by atoms with Gasteiger partial charge in [-0.15, -0.1) is 0 Å². The number of ether oxygens (including phenoxy) is 1. The van der Waals surface area contributed by atoms with Crippen LogP contribution in [-0.4, -0.2) is 65.4 Å². The first-order valence-electron chi connectivity index (χ1n) is 15.7. The van der Waals surface area contributed by atoms with Gasteiger partial charge in [-0.05, 0) is 44.7 Å². The van der Waals surface area contributed by atoms with Gasteiger partial charge in [-0.2, -0.15) is 0 Å². The average molecular weight is 630 g/mol. The number of amides is 3. The van der Waals surface area contributed by atoms with Gasteiger partial charge in [-0.3, -0.25) is 19.2 Å². The number of aliphatic carboxylic acids is 1. The first-order valence-corrected chi connectivity index (χ1v) is 15.7. The second-order valence-electron chi connectivity index (χ2n) is 10.3. The van der Waals surface area contributed by atoms with E-state index in [1.807, 2.05) is 89.0 Å². The highest BCUT2D eigenvalue weighted by Crippen LogP contribution is 2.19. The molecular weight excluding hydrogens is 574 g/mol. The molecule has 3 N–H and O–H groups in total. The van der Waals surface area contributed by atoms with Gasteiger partial charge in [0.15, 0.2) is 5.78 Å². The van der Waals surface area contributed by atoms with Crippen molar-refractivity contribution < 1.29 is 33.8 Å². The Hall–Kier alpha value is -4.21. The monoisotopic (exact) mass is 629 g/mol. The van der Waals surface area contributed by atoms with Crippen molar-refractivity contribution >= 4 is 30.2 Å². The minimum absolute atomic E-state index is 0.0337. The highest BCUT2D eigenvalue weighted by molar-refractivity contribution is 5.97. The van der Waals surface area contributed by atoms with Gasteiger partial charge in [0.1, 0.15) is 12.1 Å². The fourth-order valence-corrected chi connectivity index (χ4v) is 3.67. The zero-order valence-corrected chi connectivity index (χ0v) is 28.5. The third-order valence-electron chi connectivity index (χ3n) is 5.68. The van der Waals surface area contributed by atoms with Gasteiger partial charge in [0, 0.05) is 38.0 Å². The van der Waals surface area contributed by atoms with E-state index in [1.165, 1.54) is 11.1 Å². The lowest BCUT2D eigenvalue weighted by atomic mass is 9.99. The molecule has 1 aliphatic rings. The minimum Gasteiger partial charge on any atom is -0.480 e. The summed E-state index contributed by atoms with van der Waals surface area (Å²) in [7, 11) is 0. The normalized spacial score (nSPS) is 11.0. The smallest absolute Gasteiger partial charge is 0.407 e. The summed E-state index contributed by atoms with van der Waals surface area (Å²) in [4.78, 5) is 56.1. The summed E-state index contributed by atoms with van der Waals surface area (Å²) in [5.41, 5.74) is 2.83. The molecule has 0 saturated carbocycles. The van der Waals surface area contributed by atoms with Gasteiger partial charge in [0.05, 0.1) is 0 Å². The standard InChI is InChI=1S/C19H19NO2.C9H19NO2.C3H5NO3.2C2H6/c21-18(16-7-2-1-3-8-16)10-11-19(22)20-13-12-15-6-4-5-9-17(15)14-20;1-5-6-7-10-8(11)12-9(2,3)4;5-2-4-1-3(6)7;2*1-2/h1-9H,10-14H2;5-7H2,1-4H3,(H,10,11);2H,1H2,(H,4,5)(H,6,7);2*1-2H3. The Kier molecular flexibility index (Phi) is 25.0. The van der Waals surface area contributed by atoms with E-state index in [1.54, 1.807) is 12.1 Å². The van der Waals surface area contributed by atoms with Crippen molar-refractivity contribution in [2.45, 2.75) is 99.6 Å². The molecular formula is C35H55N3O7. The Bertz CT molecular complexity index is 1120. The maximum Gasteiger partial charge on any atom is 0.407 e. The van der Waals surface area contributed by atoms with Crippen LogP contribution < -0.4 is 10.6 Å². The molecule has 3 rings (SSSR count). The summed E-state index contributed by atoms with van der Waals surface area (Å²) < 4.78 is 5.03. The van der Waals surface area contributed by atoms with Crippen molar-refractivity contribution in [2.75, 3.05) is 19.6 Å². The van der Waals surface area contributed by atoms with E-state index in [0.29, 0.717) is 25.1 Å². The maximum atomic E-state index is 12.3. The molecule has 0 spiro atoms. The van der Waals surface area contributed by atoms with Gasteiger partial charge in [0.2, 0.25) is 12.3 Å². The van der Waals surface area contributed by atoms with Crippen LogP contribution in [0, 0.1) is 0 Å². The van der Waals surface area contributed by atoms with Crippen LogP contribution in [-0.2, 0) is 32.1 Å².